The molecule has 0 heterocycles. The van der Waals surface area contributed by atoms with Crippen molar-refractivity contribution in [1.29, 1.82) is 0 Å². The molecule has 0 radical (unpaired) electrons. The first kappa shape index (κ1) is 89.1. The number of hydrogen-bond donors (Lipinski definition) is 3. The summed E-state index contributed by atoms with van der Waals surface area (Å²) in [4.78, 5) is 72.6. The van der Waals surface area contributed by atoms with Crippen molar-refractivity contribution in [3.8, 4) is 0 Å². The van der Waals surface area contributed by atoms with Crippen molar-refractivity contribution in [2.75, 3.05) is 39.6 Å². The van der Waals surface area contributed by atoms with Gasteiger partial charge < -0.3 is 33.8 Å². The molecule has 6 atom stereocenters. The van der Waals surface area contributed by atoms with Crippen molar-refractivity contribution in [3.63, 3.8) is 0 Å². The number of aliphatic hydroxyl groups is 1. The van der Waals surface area contributed by atoms with Crippen LogP contribution in [0.3, 0.4) is 0 Å². The van der Waals surface area contributed by atoms with Gasteiger partial charge in [-0.1, -0.05) is 318 Å². The third kappa shape index (κ3) is 65.1. The lowest BCUT2D eigenvalue weighted by Gasteiger charge is -2.21. The molecule has 540 valence electrons. The van der Waals surface area contributed by atoms with E-state index in [1.807, 2.05) is 0 Å². The van der Waals surface area contributed by atoms with Crippen molar-refractivity contribution in [2.45, 2.75) is 387 Å². The summed E-state index contributed by atoms with van der Waals surface area (Å²) in [6.45, 7) is 9.50. The van der Waals surface area contributed by atoms with Gasteiger partial charge in [-0.05, 0) is 37.5 Å². The number of aliphatic hydroxyl groups excluding tert-OH is 1. The smallest absolute Gasteiger partial charge is 0.462 e. The van der Waals surface area contributed by atoms with Gasteiger partial charge in [-0.2, -0.15) is 0 Å². The fraction of sp³-hybridized carbons (Fsp3) is 0.944. The Hall–Kier alpha value is -1.94. The molecule has 0 rings (SSSR count). The van der Waals surface area contributed by atoms with E-state index < -0.39 is 97.5 Å². The molecular formula is C72H140O17P2. The predicted octanol–water partition coefficient (Wildman–Crippen LogP) is 20.8. The van der Waals surface area contributed by atoms with E-state index in [-0.39, 0.29) is 25.7 Å². The average Bonchev–Trinajstić information content (AvgIpc) is 3.62. The highest BCUT2D eigenvalue weighted by atomic mass is 31.2. The molecule has 0 aliphatic carbocycles. The molecule has 3 unspecified atom stereocenters. The van der Waals surface area contributed by atoms with Crippen LogP contribution in [0, 0.1) is 11.8 Å². The SMILES string of the molecule is CCCCCCCCCCCCCCCCCCCCC(=O)O[C@H](COC(=O)CCCCCCCCCCCCCC(C)C)COP(=O)(O)OC[C@@H](O)COP(=O)(O)OC[C@@H](COC(=O)CCCCCCCCCCC)OC(=O)CCCCCCCCC(C)CC. The standard InChI is InChI=1S/C72H140O17P2/c1-7-10-12-14-16-18-19-20-21-22-23-24-25-28-33-37-44-50-56-71(76)88-67(60-83-70(75)55-49-43-36-32-29-26-27-31-34-40-46-52-64(4)5)62-86-90(78,79)84-58-66(73)59-85-91(80,81)87-63-68(61-82-69(74)54-48-42-35-30-17-15-13-11-8-2)89-72(77)57-51-45-39-38-41-47-53-65(6)9-3/h64-68,73H,7-63H2,1-6H3,(H,78,79)(H,80,81)/t65?,66-,67-,68-/m1/s1. The summed E-state index contributed by atoms with van der Waals surface area (Å²) in [6.07, 6.45) is 50.0. The molecule has 0 fully saturated rings. The molecule has 3 N–H and O–H groups in total. The first-order valence-electron chi connectivity index (χ1n) is 37.5. The summed E-state index contributed by atoms with van der Waals surface area (Å²) < 4.78 is 68.3. The van der Waals surface area contributed by atoms with Crippen LogP contribution in [-0.2, 0) is 65.4 Å². The van der Waals surface area contributed by atoms with Gasteiger partial charge in [0.05, 0.1) is 26.4 Å². The van der Waals surface area contributed by atoms with E-state index in [1.54, 1.807) is 0 Å². The number of phosphoric ester groups is 2. The Labute approximate surface area is 556 Å². The van der Waals surface area contributed by atoms with Gasteiger partial charge in [0.2, 0.25) is 0 Å². The Morgan fingerprint density at radius 1 is 0.319 bits per heavy atom. The lowest BCUT2D eigenvalue weighted by molar-refractivity contribution is -0.161. The molecular weight excluding hydrogens is 1200 g/mol. The van der Waals surface area contributed by atoms with Gasteiger partial charge in [-0.15, -0.1) is 0 Å². The molecule has 17 nitrogen and oxygen atoms in total. The van der Waals surface area contributed by atoms with Crippen LogP contribution in [0.5, 0.6) is 0 Å². The molecule has 0 aromatic carbocycles. The second-order valence-corrected chi connectivity index (χ2v) is 29.6. The van der Waals surface area contributed by atoms with E-state index >= 15 is 0 Å². The summed E-state index contributed by atoms with van der Waals surface area (Å²) in [6, 6.07) is 0. The van der Waals surface area contributed by atoms with Crippen molar-refractivity contribution < 1.29 is 80.2 Å². The molecule has 19 heteroatoms. The highest BCUT2D eigenvalue weighted by Gasteiger charge is 2.30. The van der Waals surface area contributed by atoms with Gasteiger partial charge in [0.1, 0.15) is 19.3 Å². The van der Waals surface area contributed by atoms with Crippen LogP contribution in [0.2, 0.25) is 0 Å². The molecule has 0 aliphatic heterocycles. The zero-order chi connectivity index (χ0) is 67.2. The largest absolute Gasteiger partial charge is 0.472 e. The fourth-order valence-electron chi connectivity index (χ4n) is 10.9. The Balaban J connectivity index is 5.22. The number of phosphoric acid groups is 2. The van der Waals surface area contributed by atoms with Crippen LogP contribution in [0.4, 0.5) is 0 Å². The number of carbonyl (C=O) groups is 4. The van der Waals surface area contributed by atoms with Crippen LogP contribution < -0.4 is 0 Å². The average molecular weight is 1340 g/mol. The minimum absolute atomic E-state index is 0.103. The van der Waals surface area contributed by atoms with Gasteiger partial charge in [-0.25, -0.2) is 9.13 Å². The third-order valence-corrected chi connectivity index (χ3v) is 19.0. The molecule has 0 amide bonds. The van der Waals surface area contributed by atoms with Crippen LogP contribution >= 0.6 is 15.6 Å². The second kappa shape index (κ2) is 64.1. The molecule has 0 saturated carbocycles. The summed E-state index contributed by atoms with van der Waals surface area (Å²) >= 11 is 0. The van der Waals surface area contributed by atoms with Gasteiger partial charge >= 0.3 is 39.5 Å². The molecule has 0 bridgehead atoms. The van der Waals surface area contributed by atoms with Gasteiger partial charge in [-0.3, -0.25) is 37.3 Å². The van der Waals surface area contributed by atoms with Crippen molar-refractivity contribution in [2.24, 2.45) is 11.8 Å². The van der Waals surface area contributed by atoms with E-state index in [0.29, 0.717) is 25.7 Å². The number of rotatable bonds is 71. The maximum absolute atomic E-state index is 13.0. The number of carbonyl (C=O) groups excluding carboxylic acids is 4. The summed E-state index contributed by atoms with van der Waals surface area (Å²) in [5, 5.41) is 10.6. The lowest BCUT2D eigenvalue weighted by atomic mass is 10.00. The molecule has 91 heavy (non-hydrogen) atoms. The van der Waals surface area contributed by atoms with E-state index in [2.05, 4.69) is 41.5 Å². The summed E-state index contributed by atoms with van der Waals surface area (Å²) in [5.74, 6) is -0.633. The molecule has 0 aromatic heterocycles. The fourth-order valence-corrected chi connectivity index (χ4v) is 12.5. The van der Waals surface area contributed by atoms with Crippen molar-refractivity contribution in [3.05, 3.63) is 0 Å². The van der Waals surface area contributed by atoms with E-state index in [9.17, 15) is 43.2 Å². The normalized spacial score (nSPS) is 14.4. The van der Waals surface area contributed by atoms with Crippen LogP contribution in [0.15, 0.2) is 0 Å². The van der Waals surface area contributed by atoms with E-state index in [1.165, 1.54) is 186 Å². The minimum Gasteiger partial charge on any atom is -0.462 e. The first-order chi connectivity index (χ1) is 43.9. The van der Waals surface area contributed by atoms with Crippen LogP contribution in [0.25, 0.3) is 0 Å². The maximum Gasteiger partial charge on any atom is 0.472 e. The summed E-state index contributed by atoms with van der Waals surface area (Å²) in [5.41, 5.74) is 0. The Kier molecular flexibility index (Phi) is 62.7. The number of ether oxygens (including phenoxy) is 4. The number of esters is 4. The second-order valence-electron chi connectivity index (χ2n) is 26.7. The number of hydrogen-bond acceptors (Lipinski definition) is 15. The van der Waals surface area contributed by atoms with E-state index in [0.717, 1.165) is 102 Å². The third-order valence-electron chi connectivity index (χ3n) is 17.1. The monoisotopic (exact) mass is 1340 g/mol. The zero-order valence-electron chi connectivity index (χ0n) is 59.1. The predicted molar refractivity (Wildman–Crippen MR) is 368 cm³/mol. The van der Waals surface area contributed by atoms with Crippen LogP contribution in [0.1, 0.15) is 369 Å². The highest BCUT2D eigenvalue weighted by Crippen LogP contribution is 2.45. The molecule has 0 spiro atoms. The first-order valence-corrected chi connectivity index (χ1v) is 40.5. The van der Waals surface area contributed by atoms with Gasteiger partial charge in [0, 0.05) is 25.7 Å². The van der Waals surface area contributed by atoms with Crippen LogP contribution in [-0.4, -0.2) is 96.7 Å². The Morgan fingerprint density at radius 2 is 0.560 bits per heavy atom. The van der Waals surface area contributed by atoms with Gasteiger partial charge in [0.25, 0.3) is 0 Å². The van der Waals surface area contributed by atoms with Crippen molar-refractivity contribution >= 4 is 39.5 Å². The quantitative estimate of drug-likeness (QED) is 0.0222. The Morgan fingerprint density at radius 3 is 0.835 bits per heavy atom. The van der Waals surface area contributed by atoms with Crippen molar-refractivity contribution in [1.82, 2.24) is 0 Å². The maximum atomic E-state index is 13.0. The molecule has 0 aliphatic rings. The number of unbranched alkanes of at least 4 members (excludes halogenated alkanes) is 40. The van der Waals surface area contributed by atoms with Gasteiger partial charge in [0.15, 0.2) is 12.2 Å². The topological polar surface area (TPSA) is 237 Å². The minimum atomic E-state index is -4.95. The lowest BCUT2D eigenvalue weighted by Crippen LogP contribution is -2.30. The molecule has 0 aromatic rings. The zero-order valence-corrected chi connectivity index (χ0v) is 60.9. The summed E-state index contributed by atoms with van der Waals surface area (Å²) in [7, 11) is -9.90. The Bertz CT molecular complexity index is 1770. The van der Waals surface area contributed by atoms with E-state index in [4.69, 9.17) is 37.0 Å². The highest BCUT2D eigenvalue weighted by molar-refractivity contribution is 7.47. The molecule has 0 saturated heterocycles.